The number of hydrogen-bond donors (Lipinski definition) is 0. The predicted octanol–water partition coefficient (Wildman–Crippen LogP) is 4.07. The molecule has 0 saturated carbocycles. The van der Waals surface area contributed by atoms with E-state index >= 15 is 0 Å². The van der Waals surface area contributed by atoms with Gasteiger partial charge in [-0.15, -0.1) is 13.2 Å². The van der Waals surface area contributed by atoms with Crippen molar-refractivity contribution in [1.82, 2.24) is 4.57 Å². The van der Waals surface area contributed by atoms with Crippen LogP contribution in [0.25, 0.3) is 10.9 Å². The van der Waals surface area contributed by atoms with Gasteiger partial charge in [0, 0.05) is 11.6 Å². The monoisotopic (exact) mass is 360 g/mol. The van der Waals surface area contributed by atoms with Crippen LogP contribution < -0.4 is 5.36 Å². The Kier molecular flexibility index (Phi) is 4.79. The van der Waals surface area contributed by atoms with Crippen LogP contribution >= 0.6 is 0 Å². The molecule has 0 bridgehead atoms. The van der Waals surface area contributed by atoms with Crippen LogP contribution in [0.5, 0.6) is 0 Å². The van der Waals surface area contributed by atoms with Gasteiger partial charge in [0.15, 0.2) is 0 Å². The van der Waals surface area contributed by atoms with E-state index in [0.29, 0.717) is 22.0 Å². The second kappa shape index (κ2) is 7.03. The highest BCUT2D eigenvalue weighted by Gasteiger charge is 2.30. The van der Waals surface area contributed by atoms with E-state index in [2.05, 4.69) is 9.73 Å². The summed E-state index contributed by atoms with van der Waals surface area (Å²) in [5, 5.41) is 0.749. The van der Waals surface area contributed by atoms with E-state index in [0.717, 1.165) is 6.20 Å². The van der Waals surface area contributed by atoms with Crippen LogP contribution in [0.4, 0.5) is 18.9 Å². The number of halogens is 3. The number of carbonyl (C=O) groups excluding carboxylic acids is 1. The molecular formula is C19H15F3N2O2. The Morgan fingerprint density at radius 3 is 2.50 bits per heavy atom. The van der Waals surface area contributed by atoms with Gasteiger partial charge in [-0.2, -0.15) is 0 Å². The van der Waals surface area contributed by atoms with Crippen molar-refractivity contribution in [3.8, 4) is 0 Å². The summed E-state index contributed by atoms with van der Waals surface area (Å²) in [6.45, 7) is 0. The number of para-hydroxylation sites is 2. The third-order valence-electron chi connectivity index (χ3n) is 3.89. The molecule has 0 atom stereocenters. The maximum Gasteiger partial charge on any atom is 0.488 e. The number of pyridine rings is 1. The first kappa shape index (κ1) is 17.7. The number of benzene rings is 2. The second-order valence-corrected chi connectivity index (χ2v) is 5.55. The minimum Gasteiger partial charge on any atom is -0.469 e. The smallest absolute Gasteiger partial charge is 0.469 e. The van der Waals surface area contributed by atoms with Crippen LogP contribution in [-0.2, 0) is 22.3 Å². The Balaban J connectivity index is 2.20. The predicted molar refractivity (Wildman–Crippen MR) is 90.6 cm³/mol. The Bertz CT molecular complexity index is 1020. The molecular weight excluding hydrogens is 345 g/mol. The van der Waals surface area contributed by atoms with E-state index in [4.69, 9.17) is 0 Å². The molecule has 134 valence electrons. The number of ether oxygens (including phenoxy) is 1. The average Bonchev–Trinajstić information content (AvgIpc) is 2.62. The van der Waals surface area contributed by atoms with Gasteiger partial charge in [-0.3, -0.25) is 9.36 Å². The fourth-order valence-electron chi connectivity index (χ4n) is 2.66. The quantitative estimate of drug-likeness (QED) is 0.661. The SMILES string of the molecule is COC(=O)Cc1ccccc1N=c1ccn(C(F)(F)F)c2ccccc12. The van der Waals surface area contributed by atoms with Crippen molar-refractivity contribution in [3.05, 3.63) is 71.7 Å². The average molecular weight is 360 g/mol. The lowest BCUT2D eigenvalue weighted by molar-refractivity contribution is -0.201. The molecule has 0 aliphatic carbocycles. The Morgan fingerprint density at radius 1 is 1.08 bits per heavy atom. The highest BCUT2D eigenvalue weighted by atomic mass is 19.4. The Labute approximate surface area is 147 Å². The van der Waals surface area contributed by atoms with Crippen LogP contribution in [0, 0.1) is 0 Å². The van der Waals surface area contributed by atoms with Gasteiger partial charge < -0.3 is 4.74 Å². The van der Waals surface area contributed by atoms with Gasteiger partial charge in [0.25, 0.3) is 0 Å². The standard InChI is InChI=1S/C19H15F3N2O2/c1-26-18(25)12-13-6-2-4-8-15(13)23-16-10-11-24(19(20,21)22)17-9-5-3-7-14(16)17/h2-11H,12H2,1H3. The summed E-state index contributed by atoms with van der Waals surface area (Å²) in [6, 6.07) is 14.4. The van der Waals surface area contributed by atoms with Gasteiger partial charge in [0.2, 0.25) is 0 Å². The van der Waals surface area contributed by atoms with Crippen LogP contribution in [0.3, 0.4) is 0 Å². The third kappa shape index (κ3) is 3.61. The van der Waals surface area contributed by atoms with Gasteiger partial charge in [-0.25, -0.2) is 4.99 Å². The van der Waals surface area contributed by atoms with Gasteiger partial charge in [0.1, 0.15) is 0 Å². The zero-order valence-electron chi connectivity index (χ0n) is 13.8. The molecule has 3 aromatic rings. The highest BCUT2D eigenvalue weighted by molar-refractivity contribution is 5.79. The number of rotatable bonds is 3. The molecule has 0 unspecified atom stereocenters. The van der Waals surface area contributed by atoms with Crippen molar-refractivity contribution in [2.24, 2.45) is 4.99 Å². The molecule has 0 fully saturated rings. The van der Waals surface area contributed by atoms with E-state index in [1.54, 1.807) is 42.5 Å². The Morgan fingerprint density at radius 2 is 1.77 bits per heavy atom. The van der Waals surface area contributed by atoms with E-state index in [-0.39, 0.29) is 16.5 Å². The molecule has 26 heavy (non-hydrogen) atoms. The number of alkyl halides is 3. The molecule has 0 aliphatic rings. The van der Waals surface area contributed by atoms with Crippen molar-refractivity contribution in [1.29, 1.82) is 0 Å². The number of methoxy groups -OCH3 is 1. The molecule has 0 amide bonds. The topological polar surface area (TPSA) is 43.6 Å². The molecule has 3 rings (SSSR count). The minimum absolute atomic E-state index is 0.00620. The number of carbonyl (C=O) groups is 1. The first-order chi connectivity index (χ1) is 12.4. The van der Waals surface area contributed by atoms with E-state index in [9.17, 15) is 18.0 Å². The van der Waals surface area contributed by atoms with E-state index in [1.165, 1.54) is 19.2 Å². The summed E-state index contributed by atoms with van der Waals surface area (Å²) in [5.41, 5.74) is 1.15. The second-order valence-electron chi connectivity index (χ2n) is 5.55. The van der Waals surface area contributed by atoms with Crippen LogP contribution in [0.1, 0.15) is 5.56 Å². The number of hydrogen-bond acceptors (Lipinski definition) is 3. The molecule has 1 heterocycles. The van der Waals surface area contributed by atoms with Crippen LogP contribution in [-0.4, -0.2) is 17.6 Å². The summed E-state index contributed by atoms with van der Waals surface area (Å²) in [6.07, 6.45) is -3.55. The van der Waals surface area contributed by atoms with Gasteiger partial charge in [-0.1, -0.05) is 36.4 Å². The van der Waals surface area contributed by atoms with Crippen molar-refractivity contribution in [2.45, 2.75) is 12.7 Å². The number of aromatic nitrogens is 1. The lowest BCUT2D eigenvalue weighted by atomic mass is 10.1. The summed E-state index contributed by atoms with van der Waals surface area (Å²) in [4.78, 5) is 16.1. The molecule has 0 N–H and O–H groups in total. The summed E-state index contributed by atoms with van der Waals surface area (Å²) < 4.78 is 44.5. The lowest BCUT2D eigenvalue weighted by Gasteiger charge is -2.14. The molecule has 2 aromatic carbocycles. The molecule has 1 aromatic heterocycles. The van der Waals surface area contributed by atoms with Crippen molar-refractivity contribution in [3.63, 3.8) is 0 Å². The number of fused-ring (bicyclic) bond motifs is 1. The lowest BCUT2D eigenvalue weighted by Crippen LogP contribution is -2.20. The van der Waals surface area contributed by atoms with E-state index in [1.807, 2.05) is 0 Å². The fourth-order valence-corrected chi connectivity index (χ4v) is 2.66. The van der Waals surface area contributed by atoms with E-state index < -0.39 is 12.3 Å². The van der Waals surface area contributed by atoms with Gasteiger partial charge in [-0.05, 0) is 23.8 Å². The van der Waals surface area contributed by atoms with Crippen molar-refractivity contribution in [2.75, 3.05) is 7.11 Å². The normalized spacial score (nSPS) is 12.4. The zero-order valence-corrected chi connectivity index (χ0v) is 13.8. The van der Waals surface area contributed by atoms with Crippen LogP contribution in [0.15, 0.2) is 65.8 Å². The Hall–Kier alpha value is -3.09. The first-order valence-corrected chi connectivity index (χ1v) is 7.77. The van der Waals surface area contributed by atoms with Crippen molar-refractivity contribution >= 4 is 22.6 Å². The molecule has 0 saturated heterocycles. The van der Waals surface area contributed by atoms with Crippen molar-refractivity contribution < 1.29 is 22.7 Å². The summed E-state index contributed by atoms with van der Waals surface area (Å²) in [5.74, 6) is -0.416. The zero-order chi connectivity index (χ0) is 18.7. The summed E-state index contributed by atoms with van der Waals surface area (Å²) >= 11 is 0. The summed E-state index contributed by atoms with van der Waals surface area (Å²) in [7, 11) is 1.29. The third-order valence-corrected chi connectivity index (χ3v) is 3.89. The van der Waals surface area contributed by atoms with Crippen LogP contribution in [0.2, 0.25) is 0 Å². The minimum atomic E-state index is -4.53. The molecule has 0 radical (unpaired) electrons. The maximum atomic E-state index is 13.2. The van der Waals surface area contributed by atoms with Gasteiger partial charge >= 0.3 is 12.3 Å². The molecule has 0 spiro atoms. The molecule has 0 aliphatic heterocycles. The largest absolute Gasteiger partial charge is 0.488 e. The maximum absolute atomic E-state index is 13.2. The fraction of sp³-hybridized carbons (Fsp3) is 0.158. The number of nitrogens with zero attached hydrogens (tertiary/aromatic N) is 2. The molecule has 4 nitrogen and oxygen atoms in total. The molecule has 7 heteroatoms. The highest BCUT2D eigenvalue weighted by Crippen LogP contribution is 2.26. The number of esters is 1. The van der Waals surface area contributed by atoms with Gasteiger partial charge in [0.05, 0.1) is 30.1 Å². The first-order valence-electron chi connectivity index (χ1n) is 7.77.